The topological polar surface area (TPSA) is 72.3 Å². The molecule has 0 bridgehead atoms. The van der Waals surface area contributed by atoms with E-state index in [4.69, 9.17) is 4.74 Å². The van der Waals surface area contributed by atoms with Crippen molar-refractivity contribution in [3.8, 4) is 28.3 Å². The minimum Gasteiger partial charge on any atom is -0.497 e. The second-order valence-corrected chi connectivity index (χ2v) is 6.21. The lowest BCUT2D eigenvalue weighted by Crippen LogP contribution is -2.00. The van der Waals surface area contributed by atoms with Crippen molar-refractivity contribution in [3.05, 3.63) is 90.8 Å². The molecular weight excluding hydrogens is 362 g/mol. The number of pyridine rings is 1. The summed E-state index contributed by atoms with van der Waals surface area (Å²) < 4.78 is 5.25. The van der Waals surface area contributed by atoms with Crippen molar-refractivity contribution in [2.45, 2.75) is 0 Å². The van der Waals surface area contributed by atoms with Gasteiger partial charge in [0.25, 0.3) is 0 Å². The van der Waals surface area contributed by atoms with Crippen LogP contribution < -0.4 is 10.2 Å². The predicted octanol–water partition coefficient (Wildman–Crippen LogP) is 4.66. The van der Waals surface area contributed by atoms with Gasteiger partial charge < -0.3 is 4.74 Å². The van der Waals surface area contributed by atoms with E-state index < -0.39 is 0 Å². The molecule has 29 heavy (non-hydrogen) atoms. The van der Waals surface area contributed by atoms with Gasteiger partial charge in [0.2, 0.25) is 5.95 Å². The van der Waals surface area contributed by atoms with E-state index in [9.17, 15) is 0 Å². The van der Waals surface area contributed by atoms with Gasteiger partial charge in [0.15, 0.2) is 0 Å². The van der Waals surface area contributed by atoms with Crippen LogP contribution in [0.1, 0.15) is 5.56 Å². The summed E-state index contributed by atoms with van der Waals surface area (Å²) in [6, 6.07) is 23.5. The minimum atomic E-state index is 0.414. The maximum absolute atomic E-state index is 5.25. The third-order valence-corrected chi connectivity index (χ3v) is 4.24. The quantitative estimate of drug-likeness (QED) is 0.388. The number of anilines is 1. The number of aromatic nitrogens is 3. The normalized spacial score (nSPS) is 10.8. The summed E-state index contributed by atoms with van der Waals surface area (Å²) >= 11 is 0. The number of benzene rings is 2. The van der Waals surface area contributed by atoms with Crippen molar-refractivity contribution in [2.75, 3.05) is 12.5 Å². The molecule has 4 rings (SSSR count). The molecule has 6 nitrogen and oxygen atoms in total. The van der Waals surface area contributed by atoms with Gasteiger partial charge in [-0.25, -0.2) is 15.4 Å². The van der Waals surface area contributed by atoms with Crippen molar-refractivity contribution in [1.82, 2.24) is 15.0 Å². The molecule has 2 aromatic heterocycles. The molecule has 1 N–H and O–H groups in total. The Labute approximate surface area is 169 Å². The number of methoxy groups -OCH3 is 1. The van der Waals surface area contributed by atoms with Crippen LogP contribution in [0.25, 0.3) is 22.5 Å². The molecule has 0 aliphatic rings. The Bertz CT molecular complexity index is 1100. The molecular formula is C23H19N5O. The van der Waals surface area contributed by atoms with Crippen LogP contribution in [0.3, 0.4) is 0 Å². The van der Waals surface area contributed by atoms with Crippen molar-refractivity contribution in [2.24, 2.45) is 5.10 Å². The average Bonchev–Trinajstić information content (AvgIpc) is 2.80. The van der Waals surface area contributed by atoms with Crippen LogP contribution in [0.5, 0.6) is 5.75 Å². The molecule has 0 unspecified atom stereocenters. The van der Waals surface area contributed by atoms with Gasteiger partial charge in [0.1, 0.15) is 5.75 Å². The minimum absolute atomic E-state index is 0.414. The van der Waals surface area contributed by atoms with E-state index in [2.05, 4.69) is 25.5 Å². The summed E-state index contributed by atoms with van der Waals surface area (Å²) in [5.74, 6) is 1.21. The lowest BCUT2D eigenvalue weighted by molar-refractivity contribution is 0.415. The fourth-order valence-corrected chi connectivity index (χ4v) is 2.78. The zero-order chi connectivity index (χ0) is 19.9. The SMILES string of the molecule is COc1ccc(-c2cc(-c3ccccc3)nc(NN=Cc3cccnc3)n2)cc1. The van der Waals surface area contributed by atoms with Gasteiger partial charge in [-0.2, -0.15) is 5.10 Å². The standard InChI is InChI=1S/C23H19N5O/c1-29-20-11-9-19(10-12-20)22-14-21(18-7-3-2-4-8-18)26-23(27-22)28-25-16-17-6-5-13-24-15-17/h2-16H,1H3,(H,26,27,28). The Morgan fingerprint density at radius 1 is 0.862 bits per heavy atom. The molecule has 0 amide bonds. The largest absolute Gasteiger partial charge is 0.497 e. The third kappa shape index (κ3) is 4.62. The predicted molar refractivity (Wildman–Crippen MR) is 115 cm³/mol. The van der Waals surface area contributed by atoms with E-state index >= 15 is 0 Å². The van der Waals surface area contributed by atoms with E-state index in [0.717, 1.165) is 33.8 Å². The molecule has 2 heterocycles. The number of nitrogens with zero attached hydrogens (tertiary/aromatic N) is 4. The number of hydrazone groups is 1. The molecule has 2 aromatic carbocycles. The highest BCUT2D eigenvalue weighted by atomic mass is 16.5. The van der Waals surface area contributed by atoms with E-state index in [1.54, 1.807) is 25.7 Å². The molecule has 0 aliphatic heterocycles. The smallest absolute Gasteiger partial charge is 0.244 e. The number of hydrogen-bond acceptors (Lipinski definition) is 6. The number of ether oxygens (including phenoxy) is 1. The van der Waals surface area contributed by atoms with Crippen LogP contribution in [-0.4, -0.2) is 28.3 Å². The van der Waals surface area contributed by atoms with Crippen LogP contribution in [-0.2, 0) is 0 Å². The molecule has 0 radical (unpaired) electrons. The highest BCUT2D eigenvalue weighted by Gasteiger charge is 2.08. The first kappa shape index (κ1) is 18.3. The maximum atomic E-state index is 5.25. The van der Waals surface area contributed by atoms with Gasteiger partial charge in [-0.1, -0.05) is 36.4 Å². The Kier molecular flexibility index (Phi) is 5.53. The third-order valence-electron chi connectivity index (χ3n) is 4.24. The molecule has 0 fully saturated rings. The fraction of sp³-hybridized carbons (Fsp3) is 0.0435. The first-order chi connectivity index (χ1) is 14.3. The molecule has 4 aromatic rings. The summed E-state index contributed by atoms with van der Waals surface area (Å²) in [6.45, 7) is 0. The van der Waals surface area contributed by atoms with Gasteiger partial charge in [0.05, 0.1) is 24.7 Å². The molecule has 0 atom stereocenters. The number of rotatable bonds is 6. The highest BCUT2D eigenvalue weighted by Crippen LogP contribution is 2.26. The molecule has 0 saturated carbocycles. The van der Waals surface area contributed by atoms with Crippen LogP contribution >= 0.6 is 0 Å². The van der Waals surface area contributed by atoms with Gasteiger partial charge in [0, 0.05) is 29.1 Å². The Morgan fingerprint density at radius 2 is 1.59 bits per heavy atom. The Hall–Kier alpha value is -4.06. The Morgan fingerprint density at radius 3 is 2.24 bits per heavy atom. The second kappa shape index (κ2) is 8.75. The fourth-order valence-electron chi connectivity index (χ4n) is 2.78. The van der Waals surface area contributed by atoms with Gasteiger partial charge >= 0.3 is 0 Å². The van der Waals surface area contributed by atoms with Gasteiger partial charge in [-0.3, -0.25) is 4.98 Å². The molecule has 6 heteroatoms. The monoisotopic (exact) mass is 381 g/mol. The van der Waals surface area contributed by atoms with Crippen molar-refractivity contribution < 1.29 is 4.74 Å². The van der Waals surface area contributed by atoms with Crippen molar-refractivity contribution >= 4 is 12.2 Å². The van der Waals surface area contributed by atoms with E-state index in [-0.39, 0.29) is 0 Å². The van der Waals surface area contributed by atoms with Gasteiger partial charge in [-0.05, 0) is 36.4 Å². The van der Waals surface area contributed by atoms with Crippen LogP contribution in [0, 0.1) is 0 Å². The summed E-state index contributed by atoms with van der Waals surface area (Å²) in [6.07, 6.45) is 5.13. The summed E-state index contributed by atoms with van der Waals surface area (Å²) in [5.41, 5.74) is 7.38. The molecule has 0 aliphatic carbocycles. The van der Waals surface area contributed by atoms with E-state index in [0.29, 0.717) is 5.95 Å². The summed E-state index contributed by atoms with van der Waals surface area (Å²) in [4.78, 5) is 13.3. The molecule has 0 saturated heterocycles. The molecule has 142 valence electrons. The zero-order valence-electron chi connectivity index (χ0n) is 15.9. The first-order valence-electron chi connectivity index (χ1n) is 9.10. The lowest BCUT2D eigenvalue weighted by Gasteiger charge is -2.09. The van der Waals surface area contributed by atoms with Crippen LogP contribution in [0.4, 0.5) is 5.95 Å². The van der Waals surface area contributed by atoms with Crippen molar-refractivity contribution in [3.63, 3.8) is 0 Å². The number of hydrogen-bond donors (Lipinski definition) is 1. The number of nitrogens with one attached hydrogen (secondary N) is 1. The molecule has 0 spiro atoms. The maximum Gasteiger partial charge on any atom is 0.244 e. The summed E-state index contributed by atoms with van der Waals surface area (Å²) in [5, 5.41) is 4.25. The zero-order valence-corrected chi connectivity index (χ0v) is 15.9. The Balaban J connectivity index is 1.68. The second-order valence-electron chi connectivity index (χ2n) is 6.21. The van der Waals surface area contributed by atoms with E-state index in [1.807, 2.05) is 72.8 Å². The first-order valence-corrected chi connectivity index (χ1v) is 9.10. The van der Waals surface area contributed by atoms with Crippen molar-refractivity contribution in [1.29, 1.82) is 0 Å². The van der Waals surface area contributed by atoms with E-state index in [1.165, 1.54) is 0 Å². The van der Waals surface area contributed by atoms with Gasteiger partial charge in [-0.15, -0.1) is 0 Å². The lowest BCUT2D eigenvalue weighted by atomic mass is 10.1. The average molecular weight is 381 g/mol. The summed E-state index contributed by atoms with van der Waals surface area (Å²) in [7, 11) is 1.65. The van der Waals surface area contributed by atoms with Crippen LogP contribution in [0.15, 0.2) is 90.3 Å². The highest BCUT2D eigenvalue weighted by molar-refractivity contribution is 5.79. The van der Waals surface area contributed by atoms with Crippen LogP contribution in [0.2, 0.25) is 0 Å².